The number of rotatable bonds is 14. The highest BCUT2D eigenvalue weighted by atomic mass is 16.6. The van der Waals surface area contributed by atoms with Crippen LogP contribution in [-0.4, -0.2) is 63.7 Å². The van der Waals surface area contributed by atoms with E-state index in [0.717, 1.165) is 17.5 Å². The number of ether oxygens (including phenoxy) is 2. The van der Waals surface area contributed by atoms with Gasteiger partial charge in [0.25, 0.3) is 0 Å². The molecule has 3 amide bonds. The van der Waals surface area contributed by atoms with E-state index in [1.807, 2.05) is 49.4 Å². The molecule has 0 fully saturated rings. The predicted molar refractivity (Wildman–Crippen MR) is 193 cm³/mol. The summed E-state index contributed by atoms with van der Waals surface area (Å²) in [7, 11) is 0. The number of benzene rings is 3. The second kappa shape index (κ2) is 17.5. The fourth-order valence-electron chi connectivity index (χ4n) is 5.25. The Kier molecular flexibility index (Phi) is 13.8. The van der Waals surface area contributed by atoms with Crippen LogP contribution in [0.3, 0.4) is 0 Å². The van der Waals surface area contributed by atoms with Crippen LogP contribution in [0.4, 0.5) is 4.79 Å². The summed E-state index contributed by atoms with van der Waals surface area (Å²) in [6, 6.07) is 19.4. The second-order valence-electron chi connectivity index (χ2n) is 14.1. The van der Waals surface area contributed by atoms with Gasteiger partial charge in [0.2, 0.25) is 11.8 Å². The van der Waals surface area contributed by atoms with Crippen LogP contribution < -0.4 is 10.6 Å². The second-order valence-corrected chi connectivity index (χ2v) is 14.1. The molecule has 3 rings (SSSR count). The van der Waals surface area contributed by atoms with Crippen molar-refractivity contribution in [2.45, 2.75) is 97.1 Å². The molecule has 0 bridgehead atoms. The molecule has 268 valence electrons. The average molecular weight is 686 g/mol. The summed E-state index contributed by atoms with van der Waals surface area (Å²) in [4.78, 5) is 57.1. The van der Waals surface area contributed by atoms with E-state index in [0.29, 0.717) is 11.1 Å². The minimum absolute atomic E-state index is 0.0314. The zero-order valence-corrected chi connectivity index (χ0v) is 30.2. The topological polar surface area (TPSA) is 134 Å². The number of phenols is 1. The van der Waals surface area contributed by atoms with E-state index in [9.17, 15) is 24.3 Å². The van der Waals surface area contributed by atoms with Crippen LogP contribution >= 0.6 is 0 Å². The SMILES string of the molecule is C=CCN(C(=O)C(Cc1ccc(O)cc1)NC(=O)OC(C)(C)C)C(C(=O)NC(Cc1ccccc1)C(=O)OC(C)(C)C)c1ccc(CC)cc1. The summed E-state index contributed by atoms with van der Waals surface area (Å²) in [6.45, 7) is 16.2. The Bertz CT molecular complexity index is 1590. The third-order valence-corrected chi connectivity index (χ3v) is 7.53. The largest absolute Gasteiger partial charge is 0.508 e. The van der Waals surface area contributed by atoms with Crippen molar-refractivity contribution in [1.29, 1.82) is 0 Å². The van der Waals surface area contributed by atoms with E-state index in [2.05, 4.69) is 17.2 Å². The van der Waals surface area contributed by atoms with Gasteiger partial charge in [-0.2, -0.15) is 0 Å². The summed E-state index contributed by atoms with van der Waals surface area (Å²) in [5, 5.41) is 15.4. The van der Waals surface area contributed by atoms with Gasteiger partial charge in [0.15, 0.2) is 0 Å². The van der Waals surface area contributed by atoms with Crippen LogP contribution in [0.25, 0.3) is 0 Å². The number of nitrogens with zero attached hydrogens (tertiary/aromatic N) is 1. The number of esters is 1. The summed E-state index contributed by atoms with van der Waals surface area (Å²) < 4.78 is 11.2. The molecule has 10 nitrogen and oxygen atoms in total. The predicted octanol–water partition coefficient (Wildman–Crippen LogP) is 6.22. The first-order chi connectivity index (χ1) is 23.5. The molecule has 0 saturated carbocycles. The van der Waals surface area contributed by atoms with Crippen LogP contribution in [-0.2, 0) is 43.1 Å². The standard InChI is InChI=1S/C40H51N3O7/c1-9-24-43(36(46)32(42-38(48)50-40(6,7)8)25-29-18-22-31(44)23-19-29)34(30-20-16-27(10-2)17-21-30)35(45)41-33(37(47)49-39(3,4)5)26-28-14-12-11-13-15-28/h9,11-23,32-34,44H,1,10,24-26H2,2-8H3,(H,41,45)(H,42,48). The molecule has 3 aromatic rings. The first-order valence-electron chi connectivity index (χ1n) is 16.8. The van der Waals surface area contributed by atoms with Gasteiger partial charge in [-0.05, 0) is 82.3 Å². The summed E-state index contributed by atoms with van der Waals surface area (Å²) >= 11 is 0. The van der Waals surface area contributed by atoms with E-state index in [1.54, 1.807) is 65.8 Å². The van der Waals surface area contributed by atoms with Crippen molar-refractivity contribution in [3.63, 3.8) is 0 Å². The number of aromatic hydroxyl groups is 1. The van der Waals surface area contributed by atoms with Crippen molar-refractivity contribution >= 4 is 23.9 Å². The zero-order chi connectivity index (χ0) is 37.1. The fourth-order valence-corrected chi connectivity index (χ4v) is 5.25. The number of carbonyl (C=O) groups is 4. The number of aryl methyl sites for hydroxylation is 1. The maximum Gasteiger partial charge on any atom is 0.408 e. The van der Waals surface area contributed by atoms with E-state index >= 15 is 0 Å². The molecule has 10 heteroatoms. The lowest BCUT2D eigenvalue weighted by Crippen LogP contribution is -2.55. The molecular formula is C40H51N3O7. The van der Waals surface area contributed by atoms with E-state index in [-0.39, 0.29) is 25.1 Å². The van der Waals surface area contributed by atoms with Gasteiger partial charge < -0.3 is 30.1 Å². The highest BCUT2D eigenvalue weighted by Gasteiger charge is 2.38. The van der Waals surface area contributed by atoms with Crippen molar-refractivity contribution < 1.29 is 33.8 Å². The lowest BCUT2D eigenvalue weighted by atomic mass is 9.98. The number of hydrogen-bond acceptors (Lipinski definition) is 7. The van der Waals surface area contributed by atoms with E-state index in [4.69, 9.17) is 9.47 Å². The van der Waals surface area contributed by atoms with Crippen LogP contribution in [0.1, 0.15) is 76.8 Å². The van der Waals surface area contributed by atoms with Gasteiger partial charge in [-0.1, -0.05) is 79.7 Å². The highest BCUT2D eigenvalue weighted by molar-refractivity contribution is 5.94. The van der Waals surface area contributed by atoms with Crippen molar-refractivity contribution in [3.8, 4) is 5.75 Å². The van der Waals surface area contributed by atoms with Crippen LogP contribution in [0, 0.1) is 0 Å². The quantitative estimate of drug-likeness (QED) is 0.136. The highest BCUT2D eigenvalue weighted by Crippen LogP contribution is 2.25. The van der Waals surface area contributed by atoms with E-state index < -0.39 is 53.2 Å². The fraction of sp³-hybridized carbons (Fsp3) is 0.400. The molecule has 0 aromatic heterocycles. The Balaban J connectivity index is 2.10. The molecule has 0 saturated heterocycles. The summed E-state index contributed by atoms with van der Waals surface area (Å²) in [5.74, 6) is -1.77. The Morgan fingerprint density at radius 1 is 0.760 bits per heavy atom. The number of amides is 3. The van der Waals surface area contributed by atoms with Gasteiger partial charge in [-0.15, -0.1) is 6.58 Å². The molecule has 50 heavy (non-hydrogen) atoms. The molecular weight excluding hydrogens is 634 g/mol. The van der Waals surface area contributed by atoms with Crippen molar-refractivity contribution in [3.05, 3.63) is 114 Å². The Morgan fingerprint density at radius 2 is 1.30 bits per heavy atom. The van der Waals surface area contributed by atoms with Gasteiger partial charge in [0, 0.05) is 19.4 Å². The molecule has 0 radical (unpaired) electrons. The van der Waals surface area contributed by atoms with Crippen LogP contribution in [0.5, 0.6) is 5.75 Å². The normalized spacial score (nSPS) is 13.3. The number of carbonyl (C=O) groups excluding carboxylic acids is 4. The van der Waals surface area contributed by atoms with Gasteiger partial charge in [-0.25, -0.2) is 9.59 Å². The van der Waals surface area contributed by atoms with E-state index in [1.165, 1.54) is 23.1 Å². The zero-order valence-electron chi connectivity index (χ0n) is 30.2. The van der Waals surface area contributed by atoms with Crippen LogP contribution in [0.2, 0.25) is 0 Å². The minimum atomic E-state index is -1.23. The lowest BCUT2D eigenvalue weighted by Gasteiger charge is -2.35. The Morgan fingerprint density at radius 3 is 1.84 bits per heavy atom. The molecule has 3 atom stereocenters. The first-order valence-corrected chi connectivity index (χ1v) is 16.8. The molecule has 3 aromatic carbocycles. The third kappa shape index (κ3) is 12.4. The molecule has 3 unspecified atom stereocenters. The Hall–Kier alpha value is -5.12. The van der Waals surface area contributed by atoms with Gasteiger partial charge >= 0.3 is 12.1 Å². The molecule has 0 aliphatic carbocycles. The summed E-state index contributed by atoms with van der Waals surface area (Å²) in [5.41, 5.74) is 1.33. The molecule has 0 spiro atoms. The lowest BCUT2D eigenvalue weighted by molar-refractivity contribution is -0.159. The molecule has 0 aliphatic rings. The van der Waals surface area contributed by atoms with Crippen molar-refractivity contribution in [2.24, 2.45) is 0 Å². The van der Waals surface area contributed by atoms with Crippen molar-refractivity contribution in [2.75, 3.05) is 6.54 Å². The average Bonchev–Trinajstić information content (AvgIpc) is 3.03. The monoisotopic (exact) mass is 685 g/mol. The summed E-state index contributed by atoms with van der Waals surface area (Å²) in [6.07, 6.45) is 1.64. The van der Waals surface area contributed by atoms with Gasteiger partial charge in [-0.3, -0.25) is 9.59 Å². The van der Waals surface area contributed by atoms with Gasteiger partial charge in [0.05, 0.1) is 0 Å². The van der Waals surface area contributed by atoms with Gasteiger partial charge in [0.1, 0.15) is 35.1 Å². The van der Waals surface area contributed by atoms with Crippen molar-refractivity contribution in [1.82, 2.24) is 15.5 Å². The number of alkyl carbamates (subject to hydrolysis) is 1. The first kappa shape index (κ1) is 39.3. The van der Waals surface area contributed by atoms with Crippen LogP contribution in [0.15, 0.2) is 91.5 Å². The molecule has 0 heterocycles. The number of phenolic OH excluding ortho intramolecular Hbond substituents is 1. The smallest absolute Gasteiger partial charge is 0.408 e. The molecule has 3 N–H and O–H groups in total. The molecule has 0 aliphatic heterocycles. The number of nitrogens with one attached hydrogen (secondary N) is 2. The third-order valence-electron chi connectivity index (χ3n) is 7.53. The Labute approximate surface area is 295 Å². The maximum absolute atomic E-state index is 14.6. The number of hydrogen-bond donors (Lipinski definition) is 3. The minimum Gasteiger partial charge on any atom is -0.508 e. The maximum atomic E-state index is 14.6.